The molecule has 10 heteroatoms. The number of rotatable bonds is 9. The molecule has 0 spiro atoms. The Kier molecular flexibility index (Phi) is 7.96. The summed E-state index contributed by atoms with van der Waals surface area (Å²) in [6.45, 7) is 5.06. The molecule has 0 atom stereocenters. The van der Waals surface area contributed by atoms with E-state index in [1.54, 1.807) is 17.5 Å². The van der Waals surface area contributed by atoms with Crippen molar-refractivity contribution in [3.05, 3.63) is 75.2 Å². The molecule has 3 aromatic rings. The highest BCUT2D eigenvalue weighted by Crippen LogP contribution is 2.15. The van der Waals surface area contributed by atoms with Gasteiger partial charge in [-0.3, -0.25) is 9.59 Å². The Balaban J connectivity index is 1.45. The van der Waals surface area contributed by atoms with E-state index in [2.05, 4.69) is 15.0 Å². The maximum absolute atomic E-state index is 12.4. The minimum absolute atomic E-state index is 0.0893. The Hall–Kier alpha value is -3.08. The number of carbonyl (C=O) groups excluding carboxylic acids is 2. The lowest BCUT2D eigenvalue weighted by molar-refractivity contribution is -0.143. The maximum atomic E-state index is 12.4. The Morgan fingerprint density at radius 2 is 1.76 bits per heavy atom. The number of thiazole rings is 1. The van der Waals surface area contributed by atoms with Crippen molar-refractivity contribution in [3.8, 4) is 0 Å². The van der Waals surface area contributed by atoms with Crippen LogP contribution in [0.4, 0.5) is 5.69 Å². The molecule has 1 heterocycles. The van der Waals surface area contributed by atoms with Gasteiger partial charge < -0.3 is 10.1 Å². The number of hydrogen-bond donors (Lipinski definition) is 2. The summed E-state index contributed by atoms with van der Waals surface area (Å²) >= 11 is 1.29. The molecule has 0 aliphatic carbocycles. The molecule has 1 amide bonds. The van der Waals surface area contributed by atoms with Crippen LogP contribution < -0.4 is 10.0 Å². The lowest BCUT2D eigenvalue weighted by atomic mass is 10.1. The molecule has 0 unspecified atom stereocenters. The lowest BCUT2D eigenvalue weighted by Gasteiger charge is -2.08. The van der Waals surface area contributed by atoms with Crippen molar-refractivity contribution >= 4 is 38.9 Å². The topological polar surface area (TPSA) is 114 Å². The van der Waals surface area contributed by atoms with Crippen molar-refractivity contribution < 1.29 is 22.7 Å². The molecule has 0 saturated carbocycles. The van der Waals surface area contributed by atoms with E-state index in [1.807, 2.05) is 45.0 Å². The van der Waals surface area contributed by atoms with Gasteiger partial charge in [-0.2, -0.15) is 4.72 Å². The van der Waals surface area contributed by atoms with E-state index in [0.29, 0.717) is 16.4 Å². The average molecular weight is 488 g/mol. The zero-order chi connectivity index (χ0) is 24.0. The van der Waals surface area contributed by atoms with E-state index < -0.39 is 22.5 Å². The second-order valence-electron chi connectivity index (χ2n) is 7.55. The fourth-order valence-corrected chi connectivity index (χ4v) is 4.63. The molecule has 0 radical (unpaired) electrons. The summed E-state index contributed by atoms with van der Waals surface area (Å²) < 4.78 is 32.1. The number of benzene rings is 2. The molecule has 33 heavy (non-hydrogen) atoms. The van der Waals surface area contributed by atoms with Gasteiger partial charge in [0, 0.05) is 11.1 Å². The van der Waals surface area contributed by atoms with Crippen molar-refractivity contribution in [1.29, 1.82) is 0 Å². The van der Waals surface area contributed by atoms with Gasteiger partial charge in [0.1, 0.15) is 18.2 Å². The Morgan fingerprint density at radius 1 is 1.03 bits per heavy atom. The van der Waals surface area contributed by atoms with Crippen LogP contribution in [0.15, 0.2) is 52.7 Å². The summed E-state index contributed by atoms with van der Waals surface area (Å²) in [7, 11) is -3.82. The minimum Gasteiger partial charge on any atom is -0.458 e. The van der Waals surface area contributed by atoms with Crippen LogP contribution in [0.2, 0.25) is 0 Å². The van der Waals surface area contributed by atoms with Gasteiger partial charge in [-0.15, -0.1) is 11.3 Å². The number of aromatic nitrogens is 1. The van der Waals surface area contributed by atoms with Crippen LogP contribution in [0.3, 0.4) is 0 Å². The molecule has 174 valence electrons. The first-order chi connectivity index (χ1) is 15.6. The number of aryl methyl sites for hydroxylation is 3. The van der Waals surface area contributed by atoms with E-state index in [9.17, 15) is 18.0 Å². The highest BCUT2D eigenvalue weighted by atomic mass is 32.2. The van der Waals surface area contributed by atoms with Gasteiger partial charge in [-0.1, -0.05) is 23.8 Å². The fourth-order valence-electron chi connectivity index (χ4n) is 2.80. The van der Waals surface area contributed by atoms with Crippen LogP contribution in [0.5, 0.6) is 0 Å². The number of anilines is 1. The smallest absolute Gasteiger partial charge is 0.321 e. The second kappa shape index (κ2) is 10.7. The first kappa shape index (κ1) is 24.6. The first-order valence-electron chi connectivity index (χ1n) is 10.1. The molecule has 0 bridgehead atoms. The largest absolute Gasteiger partial charge is 0.458 e. The summed E-state index contributed by atoms with van der Waals surface area (Å²) in [6, 6.07) is 12.2. The molecule has 0 aliphatic heterocycles. The average Bonchev–Trinajstić information content (AvgIpc) is 3.21. The number of nitrogens with zero attached hydrogens (tertiary/aromatic N) is 1. The zero-order valence-corrected chi connectivity index (χ0v) is 20.2. The Labute approximate surface area is 197 Å². The molecule has 8 nitrogen and oxygen atoms in total. The number of esters is 1. The summed E-state index contributed by atoms with van der Waals surface area (Å²) in [5.74, 6) is -0.924. The summed E-state index contributed by atoms with van der Waals surface area (Å²) in [5, 5.41) is 5.08. The number of nitrogens with one attached hydrogen (secondary N) is 2. The molecule has 2 aromatic carbocycles. The summed E-state index contributed by atoms with van der Waals surface area (Å²) in [5.41, 5.74) is 4.11. The van der Waals surface area contributed by atoms with E-state index >= 15 is 0 Å². The Bertz CT molecular complexity index is 1250. The van der Waals surface area contributed by atoms with Gasteiger partial charge in [0.15, 0.2) is 0 Å². The predicted molar refractivity (Wildman–Crippen MR) is 127 cm³/mol. The van der Waals surface area contributed by atoms with Crippen LogP contribution in [0.25, 0.3) is 0 Å². The molecule has 1 aromatic heterocycles. The maximum Gasteiger partial charge on any atom is 0.321 e. The van der Waals surface area contributed by atoms with Crippen molar-refractivity contribution in [2.75, 3.05) is 11.9 Å². The van der Waals surface area contributed by atoms with Crippen molar-refractivity contribution in [3.63, 3.8) is 0 Å². The second-order valence-corrected chi connectivity index (χ2v) is 10.3. The number of amides is 1. The van der Waals surface area contributed by atoms with Gasteiger partial charge in [-0.25, -0.2) is 13.4 Å². The number of hydrogen-bond acceptors (Lipinski definition) is 7. The zero-order valence-electron chi connectivity index (χ0n) is 18.5. The monoisotopic (exact) mass is 487 g/mol. The summed E-state index contributed by atoms with van der Waals surface area (Å²) in [4.78, 5) is 28.6. The number of ether oxygens (including phenoxy) is 1. The molecule has 3 rings (SSSR count). The van der Waals surface area contributed by atoms with Gasteiger partial charge in [0.05, 0.1) is 17.0 Å². The SMILES string of the molecule is Cc1ccc(NC(=O)Cc2nc(COC(=O)CNS(=O)(=O)c3ccc(C)c(C)c3)cs2)cc1. The van der Waals surface area contributed by atoms with Crippen LogP contribution in [-0.4, -0.2) is 31.8 Å². The van der Waals surface area contributed by atoms with Gasteiger partial charge in [0.2, 0.25) is 15.9 Å². The van der Waals surface area contributed by atoms with Crippen LogP contribution in [-0.2, 0) is 37.4 Å². The van der Waals surface area contributed by atoms with E-state index in [-0.39, 0.29) is 23.8 Å². The quantitative estimate of drug-likeness (QED) is 0.448. The third kappa shape index (κ3) is 7.21. The van der Waals surface area contributed by atoms with Crippen LogP contribution in [0, 0.1) is 20.8 Å². The van der Waals surface area contributed by atoms with Gasteiger partial charge >= 0.3 is 5.97 Å². The molecule has 0 fully saturated rings. The third-order valence-corrected chi connectivity index (χ3v) is 7.12. The molecular formula is C23H25N3O5S2. The minimum atomic E-state index is -3.82. The summed E-state index contributed by atoms with van der Waals surface area (Å²) in [6.07, 6.45) is 0.0995. The first-order valence-corrected chi connectivity index (χ1v) is 12.5. The highest BCUT2D eigenvalue weighted by molar-refractivity contribution is 7.89. The van der Waals surface area contributed by atoms with Crippen molar-refractivity contribution in [2.24, 2.45) is 0 Å². The van der Waals surface area contributed by atoms with E-state index in [4.69, 9.17) is 4.74 Å². The molecule has 2 N–H and O–H groups in total. The van der Waals surface area contributed by atoms with E-state index in [0.717, 1.165) is 16.7 Å². The molecule has 0 aliphatic rings. The molecular weight excluding hydrogens is 462 g/mol. The van der Waals surface area contributed by atoms with Crippen LogP contribution in [0.1, 0.15) is 27.4 Å². The van der Waals surface area contributed by atoms with Gasteiger partial charge in [0.25, 0.3) is 0 Å². The number of sulfonamides is 1. The Morgan fingerprint density at radius 3 is 2.45 bits per heavy atom. The van der Waals surface area contributed by atoms with Gasteiger partial charge in [-0.05, 0) is 56.2 Å². The van der Waals surface area contributed by atoms with Crippen LogP contribution >= 0.6 is 11.3 Å². The third-order valence-electron chi connectivity index (χ3n) is 4.82. The van der Waals surface area contributed by atoms with E-state index in [1.165, 1.54) is 17.4 Å². The normalized spacial score (nSPS) is 11.2. The predicted octanol–water partition coefficient (Wildman–Crippen LogP) is 3.27. The molecule has 0 saturated heterocycles. The standard InChI is InChI=1S/C23H25N3O5S2/c1-15-4-7-18(8-5-15)25-21(27)11-22-26-19(14-32-22)13-31-23(28)12-24-33(29,30)20-9-6-16(2)17(3)10-20/h4-10,14,24H,11-13H2,1-3H3,(H,25,27). The lowest BCUT2D eigenvalue weighted by Crippen LogP contribution is -2.30. The van der Waals surface area contributed by atoms with Crippen molar-refractivity contribution in [1.82, 2.24) is 9.71 Å². The number of carbonyl (C=O) groups is 2. The highest BCUT2D eigenvalue weighted by Gasteiger charge is 2.17. The van der Waals surface area contributed by atoms with Crippen molar-refractivity contribution in [2.45, 2.75) is 38.7 Å². The fraction of sp³-hybridized carbons (Fsp3) is 0.261.